The molecule has 0 aliphatic carbocycles. The molecular weight excluding hydrogens is 789 g/mol. The summed E-state index contributed by atoms with van der Waals surface area (Å²) >= 11 is 0. The second-order valence-corrected chi connectivity index (χ2v) is 18.7. The van der Waals surface area contributed by atoms with E-state index < -0.39 is 31.7 Å². The number of carbonyl (C=O) groups excluding carboxylic acids is 2. The third-order valence-corrected chi connectivity index (χ3v) is 11.4. The zero-order chi connectivity index (χ0) is 42.2. The second-order valence-electron chi connectivity index (χ2n) is 15.6. The number of likely N-dealkylation sites (N-methyl/N-ethyl adjacent to an activating group) is 2. The van der Waals surface area contributed by atoms with Crippen LogP contribution >= 0.6 is 0 Å². The maximum absolute atomic E-state index is 11.7. The molecule has 0 rings (SSSR count). The van der Waals surface area contributed by atoms with Crippen LogP contribution in [0.3, 0.4) is 0 Å². The number of unbranched alkanes of at least 4 members (excludes halogenated alkanes) is 28. The molecule has 0 aromatic rings. The summed E-state index contributed by atoms with van der Waals surface area (Å²) in [4.78, 5) is 26.0. The molecule has 0 saturated carbocycles. The average molecular weight is 873 g/mol. The zero-order valence-corrected chi connectivity index (χ0v) is 40.9. The van der Waals surface area contributed by atoms with Crippen molar-refractivity contribution < 1.29 is 35.5 Å². The van der Waals surface area contributed by atoms with Crippen LogP contribution in [0.15, 0.2) is 24.3 Å². The number of amides is 2. The summed E-state index contributed by atoms with van der Waals surface area (Å²) in [5.41, 5.74) is 0. The van der Waals surface area contributed by atoms with Gasteiger partial charge in [-0.25, -0.2) is 16.8 Å². The molecule has 2 amide bonds. The number of carbonyl (C=O) groups is 2. The summed E-state index contributed by atoms with van der Waals surface area (Å²) in [7, 11) is -5.54. The Hall–Kier alpha value is -0.500. The van der Waals surface area contributed by atoms with Crippen LogP contribution in [0.2, 0.25) is 0 Å². The van der Waals surface area contributed by atoms with Gasteiger partial charge >= 0.3 is 37.7 Å². The standard InChI is InChI=1S/2C22H43NO4S.Ca/c2*1-3-4-5-6-7-8-9-10-11-12-13-14-15-16-17-18-19-22(24)23(2)20-21-28(25,26)27;/h2*18-19H,3-17,20-21H2,1-2H3,(H,25,26,27);/q;;+2/p-2/b2*19-18+;. The topological polar surface area (TPSA) is 155 Å². The Morgan fingerprint density at radius 1 is 0.421 bits per heavy atom. The molecule has 0 radical (unpaired) electrons. The van der Waals surface area contributed by atoms with Gasteiger partial charge < -0.3 is 18.9 Å². The summed E-state index contributed by atoms with van der Waals surface area (Å²) in [6, 6.07) is 0. The molecule has 332 valence electrons. The Balaban J connectivity index is -0.00000101. The van der Waals surface area contributed by atoms with Crippen LogP contribution in [-0.4, -0.2) is 124 Å². The molecule has 0 bridgehead atoms. The Morgan fingerprint density at radius 2 is 0.632 bits per heavy atom. The van der Waals surface area contributed by atoms with E-state index >= 15 is 0 Å². The first-order valence-corrected chi connectivity index (χ1v) is 25.6. The third kappa shape index (κ3) is 51.6. The zero-order valence-electron chi connectivity index (χ0n) is 37.0. The van der Waals surface area contributed by atoms with Crippen LogP contribution < -0.4 is 0 Å². The van der Waals surface area contributed by atoms with E-state index in [0.29, 0.717) is 0 Å². The number of hydrogen-bond donors (Lipinski definition) is 0. The van der Waals surface area contributed by atoms with Crippen molar-refractivity contribution in [1.82, 2.24) is 9.80 Å². The van der Waals surface area contributed by atoms with E-state index in [1.54, 1.807) is 0 Å². The Kier molecular flexibility index (Phi) is 46.5. The summed E-state index contributed by atoms with van der Waals surface area (Å²) in [6.45, 7) is 4.39. The van der Waals surface area contributed by atoms with Crippen molar-refractivity contribution in [3.63, 3.8) is 0 Å². The molecule has 0 aliphatic heterocycles. The van der Waals surface area contributed by atoms with Gasteiger partial charge in [-0.1, -0.05) is 193 Å². The number of hydrogen-bond acceptors (Lipinski definition) is 8. The summed E-state index contributed by atoms with van der Waals surface area (Å²) in [6.07, 6.45) is 45.5. The van der Waals surface area contributed by atoms with Crippen LogP contribution in [-0.2, 0) is 29.8 Å². The predicted octanol–water partition coefficient (Wildman–Crippen LogP) is 10.5. The summed E-state index contributed by atoms with van der Waals surface area (Å²) < 4.78 is 63.4. The van der Waals surface area contributed by atoms with Gasteiger partial charge in [-0.05, 0) is 37.8 Å². The van der Waals surface area contributed by atoms with Crippen molar-refractivity contribution in [3.8, 4) is 0 Å². The fourth-order valence-electron chi connectivity index (χ4n) is 6.25. The van der Waals surface area contributed by atoms with Gasteiger partial charge in [-0.15, -0.1) is 0 Å². The van der Waals surface area contributed by atoms with E-state index in [4.69, 9.17) is 0 Å². The molecule has 0 heterocycles. The van der Waals surface area contributed by atoms with E-state index in [2.05, 4.69) is 13.8 Å². The van der Waals surface area contributed by atoms with Gasteiger partial charge in [0, 0.05) is 27.2 Å². The van der Waals surface area contributed by atoms with E-state index in [-0.39, 0.29) is 62.6 Å². The predicted molar refractivity (Wildman–Crippen MR) is 238 cm³/mol. The normalized spacial score (nSPS) is 11.8. The number of rotatable bonds is 38. The minimum absolute atomic E-state index is 0. The maximum Gasteiger partial charge on any atom is 2.00 e. The molecule has 10 nitrogen and oxygen atoms in total. The van der Waals surface area contributed by atoms with Gasteiger partial charge in [0.2, 0.25) is 11.8 Å². The van der Waals surface area contributed by atoms with Gasteiger partial charge in [0.15, 0.2) is 0 Å². The number of nitrogens with zero attached hydrogens (tertiary/aromatic N) is 2. The van der Waals surface area contributed by atoms with Crippen LogP contribution in [0.1, 0.15) is 206 Å². The molecule has 0 saturated heterocycles. The van der Waals surface area contributed by atoms with Crippen molar-refractivity contribution in [1.29, 1.82) is 0 Å². The van der Waals surface area contributed by atoms with Gasteiger partial charge in [0.1, 0.15) is 0 Å². The summed E-state index contributed by atoms with van der Waals surface area (Å²) in [5.74, 6) is -1.59. The fraction of sp³-hybridized carbons (Fsp3) is 0.864. The molecule has 0 fully saturated rings. The van der Waals surface area contributed by atoms with Crippen LogP contribution in [0.25, 0.3) is 0 Å². The van der Waals surface area contributed by atoms with E-state index in [9.17, 15) is 35.5 Å². The molecule has 57 heavy (non-hydrogen) atoms. The first-order chi connectivity index (χ1) is 26.7. The van der Waals surface area contributed by atoms with E-state index in [1.807, 2.05) is 12.2 Å². The Labute approximate surface area is 381 Å². The molecule has 0 spiro atoms. The quantitative estimate of drug-likeness (QED) is 0.0257. The average Bonchev–Trinajstić information content (AvgIpc) is 3.15. The molecule has 0 unspecified atom stereocenters. The SMILES string of the molecule is CCCCCCCCCCCCCCCC/C=C/C(=O)N(C)CCS(=O)(=O)[O-].CCCCCCCCCCCCCCCC/C=C/C(=O)N(C)CCS(=O)(=O)[O-].[Ca+2]. The van der Waals surface area contributed by atoms with Crippen molar-refractivity contribution in [2.75, 3.05) is 38.7 Å². The van der Waals surface area contributed by atoms with Crippen molar-refractivity contribution >= 4 is 69.8 Å². The molecule has 0 aromatic heterocycles. The Bertz CT molecular complexity index is 1100. The second kappa shape index (κ2) is 43.6. The monoisotopic (exact) mass is 873 g/mol. The first kappa shape index (κ1) is 60.8. The smallest absolute Gasteiger partial charge is 0.748 e. The van der Waals surface area contributed by atoms with Crippen molar-refractivity contribution in [2.45, 2.75) is 206 Å². The van der Waals surface area contributed by atoms with Crippen molar-refractivity contribution in [2.24, 2.45) is 0 Å². The van der Waals surface area contributed by atoms with E-state index in [0.717, 1.165) is 25.7 Å². The fourth-order valence-corrected chi connectivity index (χ4v) is 7.25. The maximum atomic E-state index is 11.7. The van der Waals surface area contributed by atoms with Crippen LogP contribution in [0.5, 0.6) is 0 Å². The van der Waals surface area contributed by atoms with Gasteiger partial charge in [-0.2, -0.15) is 0 Å². The largest absolute Gasteiger partial charge is 2.00 e. The molecule has 13 heteroatoms. The molecule has 0 atom stereocenters. The first-order valence-electron chi connectivity index (χ1n) is 22.4. The third-order valence-electron chi connectivity index (χ3n) is 10.1. The van der Waals surface area contributed by atoms with Gasteiger partial charge in [-0.3, -0.25) is 9.59 Å². The van der Waals surface area contributed by atoms with Crippen molar-refractivity contribution in [3.05, 3.63) is 24.3 Å². The van der Waals surface area contributed by atoms with E-state index in [1.165, 1.54) is 203 Å². The summed E-state index contributed by atoms with van der Waals surface area (Å²) in [5, 5.41) is 0. The van der Waals surface area contributed by atoms with Crippen LogP contribution in [0, 0.1) is 0 Å². The number of allylic oxidation sites excluding steroid dienone is 2. The minimum atomic E-state index is -4.27. The molecular formula is C44H84CaN2O8S2. The molecule has 0 aliphatic rings. The molecule has 0 aromatic carbocycles. The van der Waals surface area contributed by atoms with Gasteiger partial charge in [0.05, 0.1) is 31.7 Å². The Morgan fingerprint density at radius 3 is 0.842 bits per heavy atom. The van der Waals surface area contributed by atoms with Crippen LogP contribution in [0.4, 0.5) is 0 Å². The molecule has 0 N–H and O–H groups in total. The van der Waals surface area contributed by atoms with Gasteiger partial charge in [0.25, 0.3) is 0 Å². The minimum Gasteiger partial charge on any atom is -0.748 e.